The molecule has 0 spiro atoms. The molecule has 0 aliphatic carbocycles. The molecule has 2 fully saturated rings. The molecule has 2 aliphatic rings. The number of quaternary nitrogens is 2. The largest absolute Gasteiger partial charge is 1.00 e. The quantitative estimate of drug-likeness (QED) is 0.207. The minimum absolute atomic E-state index is 0. The zero-order chi connectivity index (χ0) is 34.7. The van der Waals surface area contributed by atoms with Gasteiger partial charge in [0.15, 0.2) is 0 Å². The van der Waals surface area contributed by atoms with Crippen LogP contribution in [0.5, 0.6) is 5.75 Å². The molecule has 0 bridgehead atoms. The molecule has 0 aromatic heterocycles. The monoisotopic (exact) mass is 839 g/mol. The Labute approximate surface area is 323 Å². The van der Waals surface area contributed by atoms with Crippen molar-refractivity contribution in [3.63, 3.8) is 0 Å². The summed E-state index contributed by atoms with van der Waals surface area (Å²) in [7, 11) is 23.3. The van der Waals surface area contributed by atoms with Crippen molar-refractivity contribution >= 4 is 35.4 Å². The summed E-state index contributed by atoms with van der Waals surface area (Å²) in [5, 5.41) is 0. The predicted octanol–water partition coefficient (Wildman–Crippen LogP) is 2.45. The molecule has 276 valence electrons. The average Bonchev–Trinajstić information content (AvgIpc) is 3.30. The van der Waals surface area contributed by atoms with Gasteiger partial charge in [-0.05, 0) is 63.8 Å². The van der Waals surface area contributed by atoms with E-state index >= 15 is 0 Å². The first kappa shape index (κ1) is 43.8. The molecule has 1 atom stereocenters. The van der Waals surface area contributed by atoms with Crippen LogP contribution in [0.3, 0.4) is 0 Å². The fourth-order valence-corrected chi connectivity index (χ4v) is 9.08. The third kappa shape index (κ3) is 12.4. The molecule has 0 saturated carbocycles. The van der Waals surface area contributed by atoms with E-state index in [9.17, 15) is 0 Å². The van der Waals surface area contributed by atoms with E-state index in [1.807, 2.05) is 28.9 Å². The summed E-state index contributed by atoms with van der Waals surface area (Å²) in [5.41, 5.74) is 11.9. The van der Waals surface area contributed by atoms with Crippen molar-refractivity contribution in [1.29, 1.82) is 0 Å². The molecule has 10 heteroatoms. The Morgan fingerprint density at radius 1 is 0.837 bits per heavy atom. The fourth-order valence-electron chi connectivity index (χ4n) is 7.27. The first-order chi connectivity index (χ1) is 21.9. The zero-order valence-corrected chi connectivity index (χ0v) is 36.0. The number of piperidine rings is 1. The van der Waals surface area contributed by atoms with Gasteiger partial charge in [-0.2, -0.15) is 6.67 Å². The van der Waals surface area contributed by atoms with Crippen molar-refractivity contribution in [2.75, 3.05) is 71.2 Å². The third-order valence-corrected chi connectivity index (χ3v) is 11.0. The second-order valence-corrected chi connectivity index (χ2v) is 21.1. The van der Waals surface area contributed by atoms with Crippen LogP contribution >= 0.6 is 19.4 Å². The normalized spacial score (nSPS) is 17.7. The van der Waals surface area contributed by atoms with Crippen LogP contribution in [0.4, 0.5) is 11.4 Å². The van der Waals surface area contributed by atoms with Gasteiger partial charge in [-0.1, -0.05) is 35.4 Å². The van der Waals surface area contributed by atoms with Crippen LogP contribution in [0.15, 0.2) is 48.5 Å². The fraction of sp³-hybridized carbons (Fsp3) is 0.487. The van der Waals surface area contributed by atoms with Gasteiger partial charge in [0.1, 0.15) is 0 Å². The van der Waals surface area contributed by atoms with Gasteiger partial charge < -0.3 is 39.1 Å². The van der Waals surface area contributed by atoms with Crippen LogP contribution < -0.4 is 39.4 Å². The summed E-state index contributed by atoms with van der Waals surface area (Å²) in [6.07, 6.45) is 2.52. The number of hydrogen-bond acceptors (Lipinski definition) is 3. The molecular weight excluding hydrogens is 783 g/mol. The molecule has 3 aromatic carbocycles. The van der Waals surface area contributed by atoms with E-state index in [1.165, 1.54) is 57.8 Å². The topological polar surface area (TPSA) is 15.7 Å². The van der Waals surface area contributed by atoms with E-state index in [1.54, 1.807) is 0 Å². The van der Waals surface area contributed by atoms with Crippen molar-refractivity contribution < 1.29 is 52.0 Å². The maximum Gasteiger partial charge on any atom is 0.0979 e. The van der Waals surface area contributed by atoms with E-state index in [2.05, 4.69) is 118 Å². The van der Waals surface area contributed by atoms with E-state index in [0.717, 1.165) is 46.2 Å². The van der Waals surface area contributed by atoms with Crippen LogP contribution in [0.2, 0.25) is 0 Å². The summed E-state index contributed by atoms with van der Waals surface area (Å²) < 4.78 is 10.1. The molecule has 5 nitrogen and oxygen atoms in total. The molecule has 2 saturated heterocycles. The second kappa shape index (κ2) is 18.4. The number of ether oxygens (including phenoxy) is 1. The maximum atomic E-state index is 6.15. The Morgan fingerprint density at radius 2 is 1.33 bits per heavy atom. The maximum absolute atomic E-state index is 6.15. The Balaban J connectivity index is 0.000000349. The number of hydrogen-bond donors (Lipinski definition) is 0. The number of likely N-dealkylation sites (tertiary alicyclic amines) is 1. The summed E-state index contributed by atoms with van der Waals surface area (Å²) in [5.74, 6) is 0.916. The predicted molar refractivity (Wildman–Crippen MR) is 201 cm³/mol. The number of aryl methyl sites for hydroxylation is 6. The van der Waals surface area contributed by atoms with Gasteiger partial charge >= 0.3 is 128 Å². The first-order valence-electron chi connectivity index (χ1n) is 16.7. The molecule has 3 aromatic rings. The average molecular weight is 841 g/mol. The first-order valence-corrected chi connectivity index (χ1v) is 22.2. The van der Waals surface area contributed by atoms with E-state index in [0.29, 0.717) is 12.1 Å². The summed E-state index contributed by atoms with van der Waals surface area (Å²) in [4.78, 5) is 5.01. The minimum atomic E-state index is -1.81. The zero-order valence-electron chi connectivity index (χ0n) is 31.2. The van der Waals surface area contributed by atoms with E-state index < -0.39 is 13.5 Å². The Morgan fingerprint density at radius 3 is 1.82 bits per heavy atom. The Kier molecular flexibility index (Phi) is 16.5. The van der Waals surface area contributed by atoms with Crippen LogP contribution in [-0.4, -0.2) is 87.1 Å². The van der Waals surface area contributed by atoms with Gasteiger partial charge in [0.25, 0.3) is 0 Å². The van der Waals surface area contributed by atoms with Crippen molar-refractivity contribution in [3.05, 3.63) is 94.1 Å². The van der Waals surface area contributed by atoms with Crippen LogP contribution in [0.1, 0.15) is 51.8 Å². The van der Waals surface area contributed by atoms with E-state index in [4.69, 9.17) is 24.1 Å². The molecule has 2 aliphatic heterocycles. The smallest absolute Gasteiger partial charge is 0.0979 e. The second-order valence-electron chi connectivity index (χ2n) is 15.3. The number of likely N-dealkylation sites (N-methyl/N-ethyl adjacent to an activating group) is 1. The molecule has 1 unspecified atom stereocenters. The molecule has 0 N–H and O–H groups in total. The molecule has 5 rings (SSSR count). The molecule has 0 radical (unpaired) electrons. The van der Waals surface area contributed by atoms with Crippen molar-refractivity contribution in [1.82, 2.24) is 0 Å². The Hall–Kier alpha value is -1.37. The van der Waals surface area contributed by atoms with Gasteiger partial charge in [0.05, 0.1) is 33.7 Å². The number of rotatable bonds is 7. The SMILES string of the molecule is C[N+]1(C)CCC(Oc2ccccc2[CH]=[Ru]([Cl])[Cl])CC1.Cc1cc(C)c(N2[CH-]N(c3c(C)cc(C)cc3C)C(C[N+](C)(C)C)C2)c(C)c1.[Cl-].[Cl-]. The van der Waals surface area contributed by atoms with Gasteiger partial charge in [-0.15, -0.1) is 0 Å². The molecular formula is C39H57Cl4N4ORu-. The Bertz CT molecular complexity index is 1530. The number of anilines is 2. The number of nitrogens with zero attached hydrogens (tertiary/aromatic N) is 4. The third-order valence-electron chi connectivity index (χ3n) is 9.15. The van der Waals surface area contributed by atoms with Gasteiger partial charge in [-0.3, -0.25) is 0 Å². The summed E-state index contributed by atoms with van der Waals surface area (Å²) in [6, 6.07) is 17.7. The van der Waals surface area contributed by atoms with Crippen LogP contribution in [0, 0.1) is 48.2 Å². The van der Waals surface area contributed by atoms with Crippen molar-refractivity contribution in [2.24, 2.45) is 0 Å². The van der Waals surface area contributed by atoms with Gasteiger partial charge in [0.2, 0.25) is 0 Å². The van der Waals surface area contributed by atoms with Gasteiger partial charge in [0, 0.05) is 17.9 Å². The van der Waals surface area contributed by atoms with Crippen LogP contribution in [-0.2, 0) is 13.5 Å². The van der Waals surface area contributed by atoms with Crippen LogP contribution in [0.25, 0.3) is 0 Å². The minimum Gasteiger partial charge on any atom is -1.00 e. The molecule has 2 heterocycles. The van der Waals surface area contributed by atoms with Crippen molar-refractivity contribution in [3.8, 4) is 5.75 Å². The summed E-state index contributed by atoms with van der Waals surface area (Å²) in [6.45, 7) is 20.2. The van der Waals surface area contributed by atoms with Crippen molar-refractivity contribution in [2.45, 2.75) is 66.5 Å². The number of benzene rings is 3. The number of para-hydroxylation sites is 1. The summed E-state index contributed by atoms with van der Waals surface area (Å²) >= 11 is -1.81. The van der Waals surface area contributed by atoms with Gasteiger partial charge in [-0.25, -0.2) is 0 Å². The van der Waals surface area contributed by atoms with E-state index in [-0.39, 0.29) is 24.8 Å². The standard InChI is InChI=1S/C25H37N3.C14H20NO.4ClH.Ru/c1-17-10-19(3)24(20(4)11-17)26-14-23(15-28(7,8)9)27(16-26)25-21(5)12-18(2)13-22(25)6;1-12-6-4-5-7-14(12)16-13-8-10-15(2,3)11-9-13;;;;;/h10-13,16,23H,14-15H2,1-9H3;1,4-7,13H,8-11H2,2-3H3;4*1H;/q;+1;;;;;+2/p-4. The molecule has 49 heavy (non-hydrogen) atoms. The number of halogens is 4. The molecule has 0 amide bonds.